The molecule has 8 aromatic rings. The van der Waals surface area contributed by atoms with E-state index in [2.05, 4.69) is 150 Å². The van der Waals surface area contributed by atoms with Crippen LogP contribution in [-0.2, 0) is 21.7 Å². The molecular formula is C58H61N3O. The Hall–Kier alpha value is -6.26. The van der Waals surface area contributed by atoms with Crippen LogP contribution in [0.3, 0.4) is 0 Å². The summed E-state index contributed by atoms with van der Waals surface area (Å²) in [7, 11) is 0. The largest absolute Gasteiger partial charge is 0.507 e. The lowest BCUT2D eigenvalue weighted by Crippen LogP contribution is -2.17. The number of pyridine rings is 1. The number of hydrogen-bond donors (Lipinski definition) is 1. The molecule has 6 aromatic carbocycles. The highest BCUT2D eigenvalue weighted by Crippen LogP contribution is 2.46. The van der Waals surface area contributed by atoms with Crippen molar-refractivity contribution in [1.82, 2.24) is 14.5 Å². The van der Waals surface area contributed by atoms with Crippen molar-refractivity contribution in [3.8, 4) is 67.5 Å². The molecule has 8 rings (SSSR count). The predicted molar refractivity (Wildman–Crippen MR) is 263 cm³/mol. The first-order valence-electron chi connectivity index (χ1n) is 24.1. The minimum absolute atomic E-state index is 0.0468. The van der Waals surface area contributed by atoms with Crippen LogP contribution in [0.4, 0.5) is 0 Å². The summed E-state index contributed by atoms with van der Waals surface area (Å²) >= 11 is 0. The van der Waals surface area contributed by atoms with Crippen molar-refractivity contribution < 1.29 is 12.0 Å². The molecule has 0 saturated heterocycles. The van der Waals surface area contributed by atoms with Crippen molar-refractivity contribution in [2.24, 2.45) is 0 Å². The van der Waals surface area contributed by atoms with Crippen molar-refractivity contribution in [3.05, 3.63) is 168 Å². The number of phenolic OH excluding ortho intramolecular Hbond substituents is 1. The number of nitrogens with zero attached hydrogens (tertiary/aromatic N) is 3. The molecule has 2 aromatic heterocycles. The quantitative estimate of drug-likeness (QED) is 0.182. The second kappa shape index (κ2) is 15.6. The zero-order chi connectivity index (χ0) is 48.7. The molecule has 0 radical (unpaired) electrons. The van der Waals surface area contributed by atoms with Crippen molar-refractivity contribution >= 4 is 11.0 Å². The first kappa shape index (κ1) is 36.4. The number of hydrogen-bond acceptors (Lipinski definition) is 3. The molecule has 0 saturated carbocycles. The van der Waals surface area contributed by atoms with Crippen molar-refractivity contribution in [1.29, 1.82) is 0 Å². The fourth-order valence-electron chi connectivity index (χ4n) is 8.13. The van der Waals surface area contributed by atoms with Gasteiger partial charge >= 0.3 is 0 Å². The molecule has 4 heteroatoms. The topological polar surface area (TPSA) is 50.9 Å². The van der Waals surface area contributed by atoms with Crippen molar-refractivity contribution in [2.75, 3.05) is 0 Å². The van der Waals surface area contributed by atoms with Gasteiger partial charge in [0.05, 0.1) is 34.8 Å². The summed E-state index contributed by atoms with van der Waals surface area (Å²) in [6.07, 6.45) is 1.87. The van der Waals surface area contributed by atoms with Crippen LogP contribution < -0.4 is 0 Å². The molecule has 0 amide bonds. The first-order valence-corrected chi connectivity index (χ1v) is 21.6. The van der Waals surface area contributed by atoms with Gasteiger partial charge in [-0.25, -0.2) is 4.98 Å². The zero-order valence-electron chi connectivity index (χ0n) is 43.3. The smallest absolute Gasteiger partial charge is 0.149 e. The van der Waals surface area contributed by atoms with E-state index in [0.29, 0.717) is 33.7 Å². The van der Waals surface area contributed by atoms with E-state index >= 15 is 0 Å². The summed E-state index contributed by atoms with van der Waals surface area (Å²) < 4.78 is 45.7. The molecule has 4 nitrogen and oxygen atoms in total. The van der Waals surface area contributed by atoms with Gasteiger partial charge in [0.25, 0.3) is 0 Å². The summed E-state index contributed by atoms with van der Waals surface area (Å²) in [6, 6.07) is 35.2. The van der Waals surface area contributed by atoms with Gasteiger partial charge in [-0.2, -0.15) is 0 Å². The highest BCUT2D eigenvalue weighted by molar-refractivity contribution is 5.98. The minimum atomic E-state index is -0.457. The van der Waals surface area contributed by atoms with Gasteiger partial charge in [0.15, 0.2) is 0 Å². The number of para-hydroxylation sites is 2. The molecule has 0 aliphatic heterocycles. The highest BCUT2D eigenvalue weighted by atomic mass is 16.3. The summed E-state index contributed by atoms with van der Waals surface area (Å²) in [5.41, 5.74) is 12.0. The molecule has 0 fully saturated rings. The molecule has 0 bridgehead atoms. The van der Waals surface area contributed by atoms with Gasteiger partial charge in [-0.1, -0.05) is 180 Å². The van der Waals surface area contributed by atoms with Gasteiger partial charge in [0, 0.05) is 28.5 Å². The monoisotopic (exact) mass is 821 g/mol. The summed E-state index contributed by atoms with van der Waals surface area (Å²) in [5, 5.41) is 12.5. The van der Waals surface area contributed by atoms with Gasteiger partial charge in [-0.3, -0.25) is 9.55 Å². The van der Waals surface area contributed by atoms with E-state index in [-0.39, 0.29) is 39.6 Å². The lowest BCUT2D eigenvalue weighted by molar-refractivity contribution is 0.446. The summed E-state index contributed by atoms with van der Waals surface area (Å²) in [5.74, 6) is 0.560. The van der Waals surface area contributed by atoms with E-state index < -0.39 is 23.5 Å². The van der Waals surface area contributed by atoms with Gasteiger partial charge < -0.3 is 5.11 Å². The molecule has 0 aliphatic carbocycles. The van der Waals surface area contributed by atoms with Crippen molar-refractivity contribution in [3.63, 3.8) is 0 Å². The number of imidazole rings is 1. The van der Waals surface area contributed by atoms with Crippen LogP contribution in [0.2, 0.25) is 0 Å². The lowest BCUT2D eigenvalue weighted by Gasteiger charge is -2.27. The van der Waals surface area contributed by atoms with Gasteiger partial charge in [-0.15, -0.1) is 0 Å². The molecule has 62 heavy (non-hydrogen) atoms. The number of rotatable bonds is 6. The van der Waals surface area contributed by atoms with Crippen LogP contribution in [0.15, 0.2) is 146 Å². The number of aromatic nitrogens is 3. The second-order valence-electron chi connectivity index (χ2n) is 20.7. The standard InChI is InChI=1S/C58H61N3O/c1-55(2,3)42-27-25-37(26-28-42)39-29-30-59-49(34-39)41-31-40(32-43(33-41)56(4,5)6)46-22-18-24-51-52(46)60-54(47-35-44(57(7,8)9)36-48(53(47)62)58(10,11)12)61(51)50-23-17-16-21-45(50)38-19-14-13-15-20-38/h13-36,62H,1-12H3/i13D,14D,15D,19D,20D. The predicted octanol–water partition coefficient (Wildman–Crippen LogP) is 15.7. The fourth-order valence-corrected chi connectivity index (χ4v) is 8.13. The minimum Gasteiger partial charge on any atom is -0.507 e. The molecule has 0 spiro atoms. The molecule has 1 N–H and O–H groups in total. The van der Waals surface area contributed by atoms with Crippen molar-refractivity contribution in [2.45, 2.75) is 105 Å². The normalized spacial score (nSPS) is 13.7. The number of aromatic hydroxyl groups is 1. The third kappa shape index (κ3) is 8.23. The van der Waals surface area contributed by atoms with Crippen LogP contribution in [0.25, 0.3) is 72.7 Å². The molecular weight excluding hydrogens is 755 g/mol. The summed E-state index contributed by atoms with van der Waals surface area (Å²) in [6.45, 7) is 26.0. The van der Waals surface area contributed by atoms with E-state index in [0.717, 1.165) is 50.2 Å². The molecule has 0 unspecified atom stereocenters. The Bertz CT molecular complexity index is 3200. The molecule has 314 valence electrons. The number of phenols is 1. The Morgan fingerprint density at radius 3 is 1.79 bits per heavy atom. The van der Waals surface area contributed by atoms with Crippen LogP contribution in [-0.4, -0.2) is 19.6 Å². The summed E-state index contributed by atoms with van der Waals surface area (Å²) in [4.78, 5) is 10.5. The lowest BCUT2D eigenvalue weighted by atomic mass is 9.79. The second-order valence-corrected chi connectivity index (χ2v) is 20.7. The Morgan fingerprint density at radius 1 is 0.500 bits per heavy atom. The Kier molecular flexibility index (Phi) is 9.15. The average Bonchev–Trinajstić information content (AvgIpc) is 3.66. The van der Waals surface area contributed by atoms with E-state index in [1.54, 1.807) is 6.07 Å². The highest BCUT2D eigenvalue weighted by Gasteiger charge is 2.29. The van der Waals surface area contributed by atoms with Gasteiger partial charge in [0.1, 0.15) is 11.6 Å². The van der Waals surface area contributed by atoms with Crippen LogP contribution in [0.1, 0.15) is 112 Å². The van der Waals surface area contributed by atoms with E-state index in [1.165, 1.54) is 5.56 Å². The number of benzene rings is 6. The zero-order valence-corrected chi connectivity index (χ0v) is 38.3. The van der Waals surface area contributed by atoms with E-state index in [9.17, 15) is 5.11 Å². The maximum Gasteiger partial charge on any atom is 0.149 e. The Morgan fingerprint density at radius 2 is 1.13 bits per heavy atom. The maximum absolute atomic E-state index is 12.5. The van der Waals surface area contributed by atoms with E-state index in [1.807, 2.05) is 47.2 Å². The third-order valence-corrected chi connectivity index (χ3v) is 11.9. The Labute approximate surface area is 376 Å². The van der Waals surface area contributed by atoms with Crippen LogP contribution in [0.5, 0.6) is 5.75 Å². The number of fused-ring (bicyclic) bond motifs is 1. The maximum atomic E-state index is 12.5. The molecule has 2 heterocycles. The van der Waals surface area contributed by atoms with Crippen LogP contribution in [0, 0.1) is 0 Å². The van der Waals surface area contributed by atoms with Crippen LogP contribution >= 0.6 is 0 Å². The van der Waals surface area contributed by atoms with Gasteiger partial charge in [0.2, 0.25) is 0 Å². The average molecular weight is 821 g/mol. The third-order valence-electron chi connectivity index (χ3n) is 11.9. The Balaban J connectivity index is 1.44. The fraction of sp³-hybridized carbons (Fsp3) is 0.276. The first-order chi connectivity index (χ1) is 31.3. The van der Waals surface area contributed by atoms with E-state index in [4.69, 9.17) is 16.8 Å². The van der Waals surface area contributed by atoms with Gasteiger partial charge in [-0.05, 0) is 103 Å². The molecule has 0 aliphatic rings. The SMILES string of the molecule is [2H]c1c([2H])c([2H])c(-c2ccccc2-n2c(-c3cc(C(C)(C)C)cc(C(C)(C)C)c3O)nc3c(-c4cc(-c5cc(-c6ccc(C(C)(C)C)cc6)ccn5)cc(C(C)(C)C)c4)cccc32)c([2H])c1[2H]. The molecule has 0 atom stereocenters.